The van der Waals surface area contributed by atoms with Crippen LogP contribution in [0, 0.1) is 0 Å². The lowest BCUT2D eigenvalue weighted by molar-refractivity contribution is -0.137. The Bertz CT molecular complexity index is 1460. The molecule has 0 aliphatic carbocycles. The van der Waals surface area contributed by atoms with Gasteiger partial charge in [0.15, 0.2) is 6.23 Å². The van der Waals surface area contributed by atoms with E-state index in [0.717, 1.165) is 28.4 Å². The maximum Gasteiger partial charge on any atom is 0.507 e. The van der Waals surface area contributed by atoms with Gasteiger partial charge in [0, 0.05) is 13.0 Å². The maximum atomic E-state index is 13.0. The van der Waals surface area contributed by atoms with E-state index in [1.165, 1.54) is 36.4 Å². The summed E-state index contributed by atoms with van der Waals surface area (Å²) in [7, 11) is -3.94. The molecule has 1 saturated heterocycles. The van der Waals surface area contributed by atoms with Gasteiger partial charge < -0.3 is 24.1 Å². The molecule has 0 amide bonds. The van der Waals surface area contributed by atoms with E-state index in [1.807, 2.05) is 6.92 Å². The number of carbonyl (C=O) groups is 1. The number of hydrogen-bond donors (Lipinski definition) is 1. The van der Waals surface area contributed by atoms with Crippen LogP contribution in [0.2, 0.25) is 0 Å². The van der Waals surface area contributed by atoms with Crippen molar-refractivity contribution < 1.29 is 50.4 Å². The molecule has 1 fully saturated rings. The number of aryl methyl sites for hydroxylation is 1. The number of rotatable bonds is 12. The molecule has 1 N–H and O–H groups in total. The van der Waals surface area contributed by atoms with Crippen LogP contribution in [0.15, 0.2) is 71.6 Å². The third-order valence-electron chi connectivity index (χ3n) is 6.40. The molecule has 1 aliphatic rings. The third kappa shape index (κ3) is 7.85. The van der Waals surface area contributed by atoms with Crippen LogP contribution in [0.3, 0.4) is 0 Å². The first-order chi connectivity index (χ1) is 20.0. The quantitative estimate of drug-likeness (QED) is 0.178. The van der Waals surface area contributed by atoms with Crippen molar-refractivity contribution in [1.82, 2.24) is 4.31 Å². The number of sulfonamides is 1. The van der Waals surface area contributed by atoms with Gasteiger partial charge in [-0.05, 0) is 85.1 Å². The van der Waals surface area contributed by atoms with E-state index in [9.17, 15) is 26.4 Å². The first-order valence-corrected chi connectivity index (χ1v) is 14.7. The fraction of sp³-hybridized carbons (Fsp3) is 0.345. The lowest BCUT2D eigenvalue weighted by atomic mass is 10.1. The van der Waals surface area contributed by atoms with Crippen LogP contribution in [0.5, 0.6) is 23.0 Å². The van der Waals surface area contributed by atoms with Gasteiger partial charge in [-0.3, -0.25) is 0 Å². The average Bonchev–Trinajstić information content (AvgIpc) is 3.41. The predicted octanol–water partition coefficient (Wildman–Crippen LogP) is 6.71. The average molecular weight is 610 g/mol. The van der Waals surface area contributed by atoms with Gasteiger partial charge in [-0.25, -0.2) is 13.2 Å². The fourth-order valence-corrected chi connectivity index (χ4v) is 6.02. The van der Waals surface area contributed by atoms with Crippen molar-refractivity contribution in [3.05, 3.63) is 77.9 Å². The van der Waals surface area contributed by atoms with E-state index >= 15 is 0 Å². The fourth-order valence-electron chi connectivity index (χ4n) is 4.45. The van der Waals surface area contributed by atoms with Crippen LogP contribution >= 0.6 is 0 Å². The normalized spacial score (nSPS) is 15.8. The van der Waals surface area contributed by atoms with Gasteiger partial charge in [-0.15, -0.1) is 0 Å². The minimum atomic E-state index is -4.42. The number of nitrogens with zero attached hydrogens (tertiary/aromatic N) is 1. The second kappa shape index (κ2) is 13.3. The minimum absolute atomic E-state index is 0.00481. The predicted molar refractivity (Wildman–Crippen MR) is 145 cm³/mol. The van der Waals surface area contributed by atoms with Crippen LogP contribution in [-0.4, -0.2) is 50.0 Å². The van der Waals surface area contributed by atoms with Crippen LogP contribution in [0.25, 0.3) is 0 Å². The van der Waals surface area contributed by atoms with E-state index in [4.69, 9.17) is 24.1 Å². The smallest absolute Gasteiger partial charge is 0.490 e. The van der Waals surface area contributed by atoms with Crippen LogP contribution in [0.4, 0.5) is 18.0 Å². The Morgan fingerprint density at radius 3 is 2.24 bits per heavy atom. The Kier molecular flexibility index (Phi) is 9.84. The number of benzene rings is 3. The van der Waals surface area contributed by atoms with E-state index < -0.39 is 34.1 Å². The van der Waals surface area contributed by atoms with Crippen molar-refractivity contribution in [1.29, 1.82) is 0 Å². The van der Waals surface area contributed by atoms with Crippen LogP contribution in [0.1, 0.15) is 37.3 Å². The van der Waals surface area contributed by atoms with Crippen molar-refractivity contribution in [2.24, 2.45) is 0 Å². The van der Waals surface area contributed by atoms with E-state index in [0.29, 0.717) is 36.5 Å². The molecule has 1 heterocycles. The Morgan fingerprint density at radius 1 is 0.952 bits per heavy atom. The molecule has 0 bridgehead atoms. The summed E-state index contributed by atoms with van der Waals surface area (Å²) in [6.07, 6.45) is -4.70. The Balaban J connectivity index is 1.31. The zero-order valence-corrected chi connectivity index (χ0v) is 23.5. The van der Waals surface area contributed by atoms with Gasteiger partial charge in [0.1, 0.15) is 36.2 Å². The van der Waals surface area contributed by atoms with Crippen molar-refractivity contribution in [3.63, 3.8) is 0 Å². The van der Waals surface area contributed by atoms with E-state index in [1.54, 1.807) is 18.2 Å². The lowest BCUT2D eigenvalue weighted by Crippen LogP contribution is -2.38. The highest BCUT2D eigenvalue weighted by atomic mass is 32.2. The molecule has 42 heavy (non-hydrogen) atoms. The summed E-state index contributed by atoms with van der Waals surface area (Å²) >= 11 is 0. The highest BCUT2D eigenvalue weighted by molar-refractivity contribution is 7.89. The summed E-state index contributed by atoms with van der Waals surface area (Å²) in [6.45, 7) is 2.53. The summed E-state index contributed by atoms with van der Waals surface area (Å²) in [5.74, 6) is 1.78. The number of ether oxygens (including phenoxy) is 4. The first kappa shape index (κ1) is 31.0. The molecule has 4 rings (SSSR count). The summed E-state index contributed by atoms with van der Waals surface area (Å²) in [5, 5.41) is 8.87. The zero-order chi connectivity index (χ0) is 30.3. The molecule has 0 spiro atoms. The first-order valence-electron chi connectivity index (χ1n) is 13.2. The van der Waals surface area contributed by atoms with Crippen molar-refractivity contribution >= 4 is 16.2 Å². The largest absolute Gasteiger partial charge is 0.507 e. The molecule has 3 aromatic rings. The van der Waals surface area contributed by atoms with Gasteiger partial charge in [-0.1, -0.05) is 13.3 Å². The SMILES string of the molecule is CCCc1cc(Oc2ccc(C(F)(F)F)cc2)ccc1OCCOc1ccc(S(=O)(=O)N2CCC[C@H]2OC(=O)O)cc1. The Labute approximate surface area is 241 Å². The maximum absolute atomic E-state index is 13.0. The monoisotopic (exact) mass is 609 g/mol. The van der Waals surface area contributed by atoms with Crippen LogP contribution < -0.4 is 14.2 Å². The van der Waals surface area contributed by atoms with Gasteiger partial charge in [0.25, 0.3) is 0 Å². The van der Waals surface area contributed by atoms with E-state index in [2.05, 4.69) is 0 Å². The number of halogens is 3. The molecule has 0 saturated carbocycles. The number of hydrogen-bond acceptors (Lipinski definition) is 7. The second-order valence-corrected chi connectivity index (χ2v) is 11.3. The highest BCUT2D eigenvalue weighted by Gasteiger charge is 2.37. The second-order valence-electron chi connectivity index (χ2n) is 9.41. The van der Waals surface area contributed by atoms with Crippen molar-refractivity contribution in [2.75, 3.05) is 19.8 Å². The van der Waals surface area contributed by atoms with Crippen LogP contribution in [-0.2, 0) is 27.4 Å². The summed E-state index contributed by atoms with van der Waals surface area (Å²) in [6, 6.07) is 15.4. The summed E-state index contributed by atoms with van der Waals surface area (Å²) in [5.41, 5.74) is 0.111. The topological polar surface area (TPSA) is 112 Å². The zero-order valence-electron chi connectivity index (χ0n) is 22.7. The molecule has 3 aromatic carbocycles. The molecular weight excluding hydrogens is 579 g/mol. The summed E-state index contributed by atoms with van der Waals surface area (Å²) < 4.78 is 87.4. The standard InChI is InChI=1S/C29H30F3NO8S/c1-2-4-20-19-24(40-23-8-6-21(7-9-23)29(30,31)32)12-15-26(20)39-18-17-38-22-10-13-25(14-11-22)42(36,37)33-16-3-5-27(33)41-28(34)35/h6-15,19,27H,2-5,16-18H2,1H3,(H,34,35)/t27-/m1/s1. The van der Waals surface area contributed by atoms with Gasteiger partial charge in [0.05, 0.1) is 10.5 Å². The molecule has 1 aliphatic heterocycles. The molecule has 0 radical (unpaired) electrons. The van der Waals surface area contributed by atoms with Crippen molar-refractivity contribution in [2.45, 2.75) is 49.9 Å². The Morgan fingerprint density at radius 2 is 1.60 bits per heavy atom. The molecular formula is C29H30F3NO8S. The highest BCUT2D eigenvalue weighted by Crippen LogP contribution is 2.33. The molecule has 13 heteroatoms. The minimum Gasteiger partial charge on any atom is -0.490 e. The molecule has 1 atom stereocenters. The number of alkyl halides is 3. The van der Waals surface area contributed by atoms with E-state index in [-0.39, 0.29) is 30.4 Å². The molecule has 226 valence electrons. The third-order valence-corrected chi connectivity index (χ3v) is 8.30. The van der Waals surface area contributed by atoms with Gasteiger partial charge in [-0.2, -0.15) is 17.5 Å². The van der Waals surface area contributed by atoms with Gasteiger partial charge in [0.2, 0.25) is 10.0 Å². The summed E-state index contributed by atoms with van der Waals surface area (Å²) in [4.78, 5) is 10.9. The van der Waals surface area contributed by atoms with Gasteiger partial charge >= 0.3 is 12.3 Å². The number of carboxylic acid groups (broad SMARTS) is 1. The van der Waals surface area contributed by atoms with Crippen molar-refractivity contribution in [3.8, 4) is 23.0 Å². The Hall–Kier alpha value is -3.97. The molecule has 0 unspecified atom stereocenters. The lowest BCUT2D eigenvalue weighted by Gasteiger charge is -2.22. The molecule has 0 aromatic heterocycles. The molecule has 9 nitrogen and oxygen atoms in total.